The minimum Gasteiger partial charge on any atom is -0.383 e. The summed E-state index contributed by atoms with van der Waals surface area (Å²) >= 11 is 0. The van der Waals surface area contributed by atoms with Gasteiger partial charge in [0, 0.05) is 18.5 Å². The SMILES string of the molecule is CCCCN(CC(N)=O)c1nc(CCC)nc(N)c1C. The monoisotopic (exact) mass is 279 g/mol. The van der Waals surface area contributed by atoms with Crippen LogP contribution < -0.4 is 16.4 Å². The molecule has 0 aromatic carbocycles. The van der Waals surface area contributed by atoms with Crippen molar-refractivity contribution in [2.24, 2.45) is 5.73 Å². The number of carbonyl (C=O) groups is 1. The van der Waals surface area contributed by atoms with Crippen molar-refractivity contribution < 1.29 is 4.79 Å². The topological polar surface area (TPSA) is 98.1 Å². The molecule has 1 aromatic rings. The third-order valence-corrected chi connectivity index (χ3v) is 3.11. The lowest BCUT2D eigenvalue weighted by Gasteiger charge is -2.24. The van der Waals surface area contributed by atoms with Crippen LogP contribution in [0.3, 0.4) is 0 Å². The minimum atomic E-state index is -0.366. The number of unbranched alkanes of at least 4 members (excludes halogenated alkanes) is 1. The first-order valence-corrected chi connectivity index (χ1v) is 7.15. The molecule has 0 aliphatic heterocycles. The van der Waals surface area contributed by atoms with E-state index < -0.39 is 0 Å². The van der Waals surface area contributed by atoms with E-state index >= 15 is 0 Å². The van der Waals surface area contributed by atoms with E-state index in [-0.39, 0.29) is 12.5 Å². The first-order valence-electron chi connectivity index (χ1n) is 7.15. The Morgan fingerprint density at radius 1 is 1.25 bits per heavy atom. The largest absolute Gasteiger partial charge is 0.383 e. The van der Waals surface area contributed by atoms with E-state index in [0.29, 0.717) is 5.82 Å². The van der Waals surface area contributed by atoms with Crippen LogP contribution in [0.15, 0.2) is 0 Å². The van der Waals surface area contributed by atoms with Gasteiger partial charge in [0.2, 0.25) is 5.91 Å². The van der Waals surface area contributed by atoms with Gasteiger partial charge in [-0.3, -0.25) is 4.79 Å². The molecule has 0 spiro atoms. The highest BCUT2D eigenvalue weighted by Gasteiger charge is 2.16. The Hall–Kier alpha value is -1.85. The second-order valence-electron chi connectivity index (χ2n) is 4.97. The molecule has 1 rings (SSSR count). The Kier molecular flexibility index (Phi) is 6.21. The number of hydrogen-bond acceptors (Lipinski definition) is 5. The molecule has 6 nitrogen and oxygen atoms in total. The second kappa shape index (κ2) is 7.67. The smallest absolute Gasteiger partial charge is 0.236 e. The van der Waals surface area contributed by atoms with Crippen molar-refractivity contribution in [3.63, 3.8) is 0 Å². The van der Waals surface area contributed by atoms with Crippen molar-refractivity contribution in [2.45, 2.75) is 46.5 Å². The summed E-state index contributed by atoms with van der Waals surface area (Å²) in [6.07, 6.45) is 3.73. The van der Waals surface area contributed by atoms with Gasteiger partial charge in [-0.25, -0.2) is 9.97 Å². The lowest BCUT2D eigenvalue weighted by molar-refractivity contribution is -0.116. The number of rotatable bonds is 8. The highest BCUT2D eigenvalue weighted by molar-refractivity contribution is 5.79. The van der Waals surface area contributed by atoms with Crippen LogP contribution in [-0.2, 0) is 11.2 Å². The summed E-state index contributed by atoms with van der Waals surface area (Å²) in [7, 11) is 0. The van der Waals surface area contributed by atoms with Crippen LogP contribution in [-0.4, -0.2) is 29.0 Å². The molecule has 4 N–H and O–H groups in total. The zero-order chi connectivity index (χ0) is 15.1. The molecule has 112 valence electrons. The number of hydrogen-bond donors (Lipinski definition) is 2. The standard InChI is InChI=1S/C14H25N5O/c1-4-6-8-19(9-11(15)20)14-10(3)13(16)17-12(18-14)7-5-2/h4-9H2,1-3H3,(H2,15,20)(H2,16,17,18). The number of carbonyl (C=O) groups excluding carboxylic acids is 1. The molecule has 0 aliphatic carbocycles. The van der Waals surface area contributed by atoms with E-state index in [1.165, 1.54) is 0 Å². The third-order valence-electron chi connectivity index (χ3n) is 3.11. The summed E-state index contributed by atoms with van der Waals surface area (Å²) in [5, 5.41) is 0. The molecule has 0 aliphatic rings. The molecule has 1 aromatic heterocycles. The van der Waals surface area contributed by atoms with Crippen molar-refractivity contribution >= 4 is 17.5 Å². The van der Waals surface area contributed by atoms with Gasteiger partial charge >= 0.3 is 0 Å². The maximum atomic E-state index is 11.3. The van der Waals surface area contributed by atoms with Gasteiger partial charge in [-0.2, -0.15) is 0 Å². The molecule has 1 heterocycles. The lowest BCUT2D eigenvalue weighted by atomic mass is 10.2. The first kappa shape index (κ1) is 16.2. The quantitative estimate of drug-likeness (QED) is 0.749. The zero-order valence-corrected chi connectivity index (χ0v) is 12.6. The maximum Gasteiger partial charge on any atom is 0.236 e. The first-order chi connectivity index (χ1) is 9.49. The summed E-state index contributed by atoms with van der Waals surface area (Å²) in [6.45, 7) is 6.94. The van der Waals surface area contributed by atoms with Gasteiger partial charge in [-0.05, 0) is 19.8 Å². The van der Waals surface area contributed by atoms with E-state index in [2.05, 4.69) is 23.8 Å². The number of nitrogens with two attached hydrogens (primary N) is 2. The molecule has 20 heavy (non-hydrogen) atoms. The van der Waals surface area contributed by atoms with Gasteiger partial charge in [-0.1, -0.05) is 20.3 Å². The number of anilines is 2. The Balaban J connectivity index is 3.12. The van der Waals surface area contributed by atoms with Crippen molar-refractivity contribution in [3.8, 4) is 0 Å². The Labute approximate surface area is 120 Å². The third kappa shape index (κ3) is 4.36. The number of aromatic nitrogens is 2. The molecule has 6 heteroatoms. The number of primary amides is 1. The fraction of sp³-hybridized carbons (Fsp3) is 0.643. The predicted octanol–water partition coefficient (Wildman–Crippen LogP) is 1.41. The second-order valence-corrected chi connectivity index (χ2v) is 4.97. The van der Waals surface area contributed by atoms with E-state index in [1.54, 1.807) is 0 Å². The van der Waals surface area contributed by atoms with Crippen LogP contribution in [0.2, 0.25) is 0 Å². The minimum absolute atomic E-state index is 0.156. The zero-order valence-electron chi connectivity index (χ0n) is 12.6. The van der Waals surface area contributed by atoms with E-state index in [9.17, 15) is 4.79 Å². The molecule has 0 saturated heterocycles. The molecule has 0 fully saturated rings. The summed E-state index contributed by atoms with van der Waals surface area (Å²) in [5.41, 5.74) is 12.1. The highest BCUT2D eigenvalue weighted by Crippen LogP contribution is 2.22. The highest BCUT2D eigenvalue weighted by atomic mass is 16.1. The summed E-state index contributed by atoms with van der Waals surface area (Å²) < 4.78 is 0. The van der Waals surface area contributed by atoms with Crippen molar-refractivity contribution in [1.29, 1.82) is 0 Å². The van der Waals surface area contributed by atoms with Gasteiger partial charge in [0.05, 0.1) is 6.54 Å². The Bertz CT molecular complexity index is 461. The van der Waals surface area contributed by atoms with Crippen molar-refractivity contribution in [2.75, 3.05) is 23.7 Å². The van der Waals surface area contributed by atoms with Gasteiger partial charge in [-0.15, -0.1) is 0 Å². The van der Waals surface area contributed by atoms with Crippen molar-refractivity contribution in [1.82, 2.24) is 9.97 Å². The normalized spacial score (nSPS) is 10.6. The van der Waals surface area contributed by atoms with Crippen LogP contribution in [0.5, 0.6) is 0 Å². The molecular formula is C14H25N5O. The summed E-state index contributed by atoms with van der Waals surface area (Å²) in [4.78, 5) is 22.0. The van der Waals surface area contributed by atoms with Crippen LogP contribution in [0.4, 0.5) is 11.6 Å². The molecule has 0 radical (unpaired) electrons. The Morgan fingerprint density at radius 2 is 1.95 bits per heavy atom. The number of nitrogens with zero attached hydrogens (tertiary/aromatic N) is 3. The molecular weight excluding hydrogens is 254 g/mol. The molecule has 0 saturated carbocycles. The van der Waals surface area contributed by atoms with Crippen LogP contribution in [0, 0.1) is 6.92 Å². The van der Waals surface area contributed by atoms with Gasteiger partial charge < -0.3 is 16.4 Å². The van der Waals surface area contributed by atoms with Gasteiger partial charge in [0.15, 0.2) is 0 Å². The van der Waals surface area contributed by atoms with Crippen LogP contribution in [0.1, 0.15) is 44.5 Å². The van der Waals surface area contributed by atoms with E-state index in [4.69, 9.17) is 11.5 Å². The summed E-state index contributed by atoms with van der Waals surface area (Å²) in [6, 6.07) is 0. The fourth-order valence-corrected chi connectivity index (χ4v) is 2.01. The molecule has 0 unspecified atom stereocenters. The van der Waals surface area contributed by atoms with Crippen LogP contribution in [0.25, 0.3) is 0 Å². The number of aryl methyl sites for hydroxylation is 1. The van der Waals surface area contributed by atoms with Gasteiger partial charge in [0.25, 0.3) is 0 Å². The number of amides is 1. The molecule has 0 atom stereocenters. The van der Waals surface area contributed by atoms with E-state index in [0.717, 1.165) is 49.4 Å². The molecule has 0 bridgehead atoms. The lowest BCUT2D eigenvalue weighted by Crippen LogP contribution is -2.36. The maximum absolute atomic E-state index is 11.3. The molecule has 1 amide bonds. The fourth-order valence-electron chi connectivity index (χ4n) is 2.01. The average molecular weight is 279 g/mol. The number of nitrogen functional groups attached to an aromatic ring is 1. The Morgan fingerprint density at radius 3 is 2.50 bits per heavy atom. The van der Waals surface area contributed by atoms with Crippen LogP contribution >= 0.6 is 0 Å². The summed E-state index contributed by atoms with van der Waals surface area (Å²) in [5.74, 6) is 1.56. The predicted molar refractivity (Wildman–Crippen MR) is 81.5 cm³/mol. The van der Waals surface area contributed by atoms with Gasteiger partial charge in [0.1, 0.15) is 17.5 Å². The van der Waals surface area contributed by atoms with E-state index in [1.807, 2.05) is 11.8 Å². The average Bonchev–Trinajstić information content (AvgIpc) is 2.38. The van der Waals surface area contributed by atoms with Crippen molar-refractivity contribution in [3.05, 3.63) is 11.4 Å².